The lowest BCUT2D eigenvalue weighted by molar-refractivity contribution is -0.115. The van der Waals surface area contributed by atoms with E-state index in [1.165, 1.54) is 6.33 Å². The molecule has 0 atom stereocenters. The summed E-state index contributed by atoms with van der Waals surface area (Å²) < 4.78 is 7.21. The van der Waals surface area contributed by atoms with E-state index in [1.54, 1.807) is 6.07 Å². The first-order valence-corrected chi connectivity index (χ1v) is 12.2. The lowest BCUT2D eigenvalue weighted by atomic mass is 9.64. The Morgan fingerprint density at radius 1 is 1.25 bits per heavy atom. The molecule has 10 heteroatoms. The fraction of sp³-hybridized carbons (Fsp3) is 0.423. The van der Waals surface area contributed by atoms with E-state index in [0.29, 0.717) is 29.0 Å². The predicted molar refractivity (Wildman–Crippen MR) is 136 cm³/mol. The summed E-state index contributed by atoms with van der Waals surface area (Å²) in [6.07, 6.45) is 2.90. The van der Waals surface area contributed by atoms with Crippen molar-refractivity contribution in [2.75, 3.05) is 11.1 Å². The number of aliphatic hydroxyl groups excluding tert-OH is 1. The van der Waals surface area contributed by atoms with Crippen LogP contribution in [0.25, 0.3) is 22.3 Å². The zero-order valence-electron chi connectivity index (χ0n) is 20.9. The minimum Gasteiger partial charge on any atom is -0.393 e. The summed E-state index contributed by atoms with van der Waals surface area (Å²) in [6, 6.07) is 9.51. The zero-order valence-corrected chi connectivity index (χ0v) is 20.9. The number of rotatable bonds is 7. The Hall–Kier alpha value is -3.79. The van der Waals surface area contributed by atoms with Crippen molar-refractivity contribution >= 4 is 28.6 Å². The fourth-order valence-corrected chi connectivity index (χ4v) is 4.73. The number of nitrogens with zero attached hydrogens (tertiary/aromatic N) is 5. The molecule has 0 unspecified atom stereocenters. The fourth-order valence-electron chi connectivity index (χ4n) is 4.73. The third-order valence-electron chi connectivity index (χ3n) is 7.17. The lowest BCUT2D eigenvalue weighted by Crippen LogP contribution is -2.41. The van der Waals surface area contributed by atoms with Gasteiger partial charge >= 0.3 is 0 Å². The van der Waals surface area contributed by atoms with Crippen molar-refractivity contribution in [1.82, 2.24) is 24.9 Å². The third-order valence-corrected chi connectivity index (χ3v) is 7.17. The molecule has 4 N–H and O–H groups in total. The highest BCUT2D eigenvalue weighted by Crippen LogP contribution is 2.44. The van der Waals surface area contributed by atoms with Crippen molar-refractivity contribution in [3.05, 3.63) is 47.9 Å². The van der Waals surface area contributed by atoms with Crippen molar-refractivity contribution in [3.8, 4) is 11.3 Å². The molecule has 1 saturated carbocycles. The van der Waals surface area contributed by atoms with E-state index in [0.717, 1.165) is 35.0 Å². The maximum Gasteiger partial charge on any atom is 0.231 e. The highest BCUT2D eigenvalue weighted by Gasteiger charge is 2.42. The monoisotopic (exact) mass is 489 g/mol. The van der Waals surface area contributed by atoms with E-state index in [4.69, 9.17) is 15.4 Å². The number of hydrogen-bond acceptors (Lipinski definition) is 8. The number of anilines is 2. The number of carbonyl (C=O) groups is 1. The van der Waals surface area contributed by atoms with Crippen LogP contribution in [0.1, 0.15) is 57.8 Å². The highest BCUT2D eigenvalue weighted by atomic mass is 16.5. The van der Waals surface area contributed by atoms with Gasteiger partial charge in [-0.15, -0.1) is 0 Å². The van der Waals surface area contributed by atoms with Gasteiger partial charge in [0.1, 0.15) is 17.8 Å². The topological polar surface area (TPSA) is 145 Å². The summed E-state index contributed by atoms with van der Waals surface area (Å²) >= 11 is 0. The molecule has 0 aliphatic heterocycles. The van der Waals surface area contributed by atoms with E-state index in [1.807, 2.05) is 42.8 Å². The molecule has 1 aromatic carbocycles. The Morgan fingerprint density at radius 3 is 2.64 bits per heavy atom. The highest BCUT2D eigenvalue weighted by molar-refractivity contribution is 5.98. The summed E-state index contributed by atoms with van der Waals surface area (Å²) in [5, 5.41) is 22.1. The minimum absolute atomic E-state index is 0.112. The lowest BCUT2D eigenvalue weighted by Gasteiger charge is -2.42. The molecule has 4 aromatic rings. The number of nitrogens with two attached hydrogens (primary N) is 1. The van der Waals surface area contributed by atoms with E-state index >= 15 is 0 Å². The molecule has 1 amide bonds. The molecule has 188 valence electrons. The van der Waals surface area contributed by atoms with Crippen LogP contribution in [-0.4, -0.2) is 42.0 Å². The summed E-state index contributed by atoms with van der Waals surface area (Å²) in [5.74, 6) is 0.842. The molecule has 36 heavy (non-hydrogen) atoms. The standard InChI is InChI=1S/C26H31N7O3/c1-14(2)33-25-22(24(27)28-13-29-25)23(31-33)16-7-5-15(6-8-16)9-20(35)30-21-12-19(32-36-21)26(3,4)17-10-18(34)11-17/h5-8,12-14,17-18,34H,9-11H2,1-4H3,(H,30,35)(H2,27,28,29). The van der Waals surface area contributed by atoms with E-state index < -0.39 is 0 Å². The number of hydrogen-bond donors (Lipinski definition) is 3. The van der Waals surface area contributed by atoms with Gasteiger partial charge in [-0.3, -0.25) is 10.1 Å². The van der Waals surface area contributed by atoms with Crippen LogP contribution in [0.2, 0.25) is 0 Å². The van der Waals surface area contributed by atoms with Gasteiger partial charge in [-0.25, -0.2) is 14.6 Å². The molecule has 1 fully saturated rings. The summed E-state index contributed by atoms with van der Waals surface area (Å²) in [5.41, 5.74) is 9.81. The Bertz CT molecular complexity index is 1400. The van der Waals surface area contributed by atoms with Crippen LogP contribution in [0.4, 0.5) is 11.7 Å². The van der Waals surface area contributed by atoms with Crippen LogP contribution in [0, 0.1) is 5.92 Å². The van der Waals surface area contributed by atoms with Gasteiger partial charge in [-0.1, -0.05) is 43.3 Å². The quantitative estimate of drug-likeness (QED) is 0.355. The van der Waals surface area contributed by atoms with Gasteiger partial charge in [0.05, 0.1) is 23.6 Å². The van der Waals surface area contributed by atoms with Crippen molar-refractivity contribution in [2.24, 2.45) is 5.92 Å². The molecular weight excluding hydrogens is 458 g/mol. The van der Waals surface area contributed by atoms with Crippen LogP contribution in [0.3, 0.4) is 0 Å². The molecule has 1 aliphatic carbocycles. The number of carbonyl (C=O) groups excluding carboxylic acids is 1. The van der Waals surface area contributed by atoms with E-state index in [2.05, 4.69) is 34.3 Å². The van der Waals surface area contributed by atoms with Crippen LogP contribution in [0.5, 0.6) is 0 Å². The van der Waals surface area contributed by atoms with Crippen LogP contribution >= 0.6 is 0 Å². The molecule has 3 heterocycles. The number of amides is 1. The number of benzene rings is 1. The third kappa shape index (κ3) is 4.32. The van der Waals surface area contributed by atoms with Crippen molar-refractivity contribution in [1.29, 1.82) is 0 Å². The second-order valence-corrected chi connectivity index (χ2v) is 10.4. The Morgan fingerprint density at radius 2 is 1.97 bits per heavy atom. The SMILES string of the molecule is CC(C)n1nc(-c2ccc(CC(=O)Nc3cc(C(C)(C)C4CC(O)C4)no3)cc2)c2c(N)ncnc21. The second kappa shape index (κ2) is 9.02. The molecule has 0 radical (unpaired) electrons. The number of aromatic nitrogens is 5. The number of fused-ring (bicyclic) bond motifs is 1. The summed E-state index contributed by atoms with van der Waals surface area (Å²) in [6.45, 7) is 8.24. The first kappa shape index (κ1) is 23.9. The summed E-state index contributed by atoms with van der Waals surface area (Å²) in [4.78, 5) is 21.2. The number of nitrogens with one attached hydrogen (secondary N) is 1. The van der Waals surface area contributed by atoms with Crippen LogP contribution in [-0.2, 0) is 16.6 Å². The number of aliphatic hydroxyl groups is 1. The molecule has 0 spiro atoms. The Labute approximate surface area is 208 Å². The molecule has 5 rings (SSSR count). The van der Waals surface area contributed by atoms with Gasteiger partial charge in [0.15, 0.2) is 5.65 Å². The smallest absolute Gasteiger partial charge is 0.231 e. The van der Waals surface area contributed by atoms with Gasteiger partial charge in [0.25, 0.3) is 0 Å². The van der Waals surface area contributed by atoms with Gasteiger partial charge in [0.2, 0.25) is 11.8 Å². The maximum atomic E-state index is 12.7. The molecule has 10 nitrogen and oxygen atoms in total. The number of nitrogen functional groups attached to an aromatic ring is 1. The van der Waals surface area contributed by atoms with Gasteiger partial charge in [-0.05, 0) is 38.2 Å². The Kier molecular flexibility index (Phi) is 5.99. The van der Waals surface area contributed by atoms with Crippen LogP contribution in [0.15, 0.2) is 41.2 Å². The van der Waals surface area contributed by atoms with Gasteiger partial charge < -0.3 is 15.4 Å². The molecular formula is C26H31N7O3. The largest absolute Gasteiger partial charge is 0.393 e. The zero-order chi connectivity index (χ0) is 25.6. The Balaban J connectivity index is 1.28. The van der Waals surface area contributed by atoms with E-state index in [9.17, 15) is 9.90 Å². The molecule has 0 saturated heterocycles. The summed E-state index contributed by atoms with van der Waals surface area (Å²) in [7, 11) is 0. The predicted octanol–water partition coefficient (Wildman–Crippen LogP) is 3.87. The van der Waals surface area contributed by atoms with Gasteiger partial charge in [0, 0.05) is 23.1 Å². The maximum absolute atomic E-state index is 12.7. The first-order chi connectivity index (χ1) is 17.1. The average molecular weight is 490 g/mol. The van der Waals surface area contributed by atoms with Crippen molar-refractivity contribution in [2.45, 2.75) is 64.5 Å². The second-order valence-electron chi connectivity index (χ2n) is 10.4. The van der Waals surface area contributed by atoms with Crippen molar-refractivity contribution in [3.63, 3.8) is 0 Å². The molecule has 1 aliphatic rings. The van der Waals surface area contributed by atoms with Crippen molar-refractivity contribution < 1.29 is 14.4 Å². The average Bonchev–Trinajstić information content (AvgIpc) is 3.44. The van der Waals surface area contributed by atoms with Crippen LogP contribution < -0.4 is 11.1 Å². The molecule has 3 aromatic heterocycles. The van der Waals surface area contributed by atoms with Gasteiger partial charge in [-0.2, -0.15) is 5.10 Å². The first-order valence-electron chi connectivity index (χ1n) is 12.2. The minimum atomic E-state index is -0.234. The van der Waals surface area contributed by atoms with E-state index in [-0.39, 0.29) is 29.9 Å². The molecule has 0 bridgehead atoms. The normalized spacial score (nSPS) is 17.9.